The number of alkyl halides is 3. The van der Waals surface area contributed by atoms with Gasteiger partial charge in [-0.2, -0.15) is 17.5 Å². The summed E-state index contributed by atoms with van der Waals surface area (Å²) in [6.07, 6.45) is -1.03. The number of imidazole rings is 1. The second-order valence-corrected chi connectivity index (χ2v) is 10.6. The number of amides is 1. The molecule has 1 aromatic heterocycles. The Morgan fingerprint density at radius 2 is 1.73 bits per heavy atom. The van der Waals surface area contributed by atoms with Crippen LogP contribution in [-0.2, 0) is 26.7 Å². The van der Waals surface area contributed by atoms with Crippen molar-refractivity contribution < 1.29 is 36.3 Å². The number of carbonyl (C=O) groups excluding carboxylic acids is 1. The maximum Gasteiger partial charge on any atom is 0.490 e. The zero-order valence-electron chi connectivity index (χ0n) is 19.0. The van der Waals surface area contributed by atoms with Crippen molar-refractivity contribution in [3.63, 3.8) is 0 Å². The smallest absolute Gasteiger partial charge is 0.475 e. The van der Waals surface area contributed by atoms with Gasteiger partial charge in [-0.1, -0.05) is 13.8 Å². The number of likely N-dealkylation sites (N-methyl/N-ethyl adjacent to an activating group) is 1. The van der Waals surface area contributed by atoms with E-state index in [9.17, 15) is 26.4 Å². The van der Waals surface area contributed by atoms with Crippen molar-refractivity contribution in [2.75, 3.05) is 39.8 Å². The lowest BCUT2D eigenvalue weighted by Gasteiger charge is -2.52. The van der Waals surface area contributed by atoms with Crippen molar-refractivity contribution in [3.05, 3.63) is 12.5 Å². The first kappa shape index (κ1) is 27.1. The third-order valence-electron chi connectivity index (χ3n) is 5.72. The molecule has 1 spiro atoms. The van der Waals surface area contributed by atoms with E-state index in [2.05, 4.69) is 23.7 Å². The number of halogens is 3. The average molecular weight is 498 g/mol. The van der Waals surface area contributed by atoms with Crippen molar-refractivity contribution in [1.82, 2.24) is 23.7 Å². The van der Waals surface area contributed by atoms with E-state index in [1.165, 1.54) is 16.8 Å². The number of nitrogens with zero attached hydrogens (tertiary/aromatic N) is 5. The van der Waals surface area contributed by atoms with Gasteiger partial charge >= 0.3 is 12.1 Å². The molecule has 2 saturated heterocycles. The number of aryl methyl sites for hydroxylation is 1. The molecule has 3 rings (SSSR count). The number of carboxylic acids is 1. The molecule has 3 heterocycles. The molecule has 0 atom stereocenters. The van der Waals surface area contributed by atoms with Crippen LogP contribution in [0.4, 0.5) is 13.2 Å². The SMILES string of the molecule is CC(C)CN1CCN(C)C(=O)C12CCN(S(=O)(=O)c1cn(C)cn1)CC2.O=C(O)C(F)(F)F. The maximum atomic E-state index is 13.0. The predicted octanol–water partition coefficient (Wildman–Crippen LogP) is 1.01. The van der Waals surface area contributed by atoms with Crippen LogP contribution in [0.15, 0.2) is 17.6 Å². The molecule has 0 bridgehead atoms. The first-order chi connectivity index (χ1) is 15.1. The van der Waals surface area contributed by atoms with Gasteiger partial charge in [0.1, 0.15) is 5.54 Å². The van der Waals surface area contributed by atoms with Crippen molar-refractivity contribution in [3.8, 4) is 0 Å². The summed E-state index contributed by atoms with van der Waals surface area (Å²) in [5, 5.41) is 7.20. The quantitative estimate of drug-likeness (QED) is 0.660. The Morgan fingerprint density at radius 1 is 1.18 bits per heavy atom. The number of carbonyl (C=O) groups is 2. The molecule has 0 radical (unpaired) electrons. The van der Waals surface area contributed by atoms with Gasteiger partial charge in [-0.3, -0.25) is 9.69 Å². The predicted molar refractivity (Wildman–Crippen MR) is 112 cm³/mol. The fourth-order valence-corrected chi connectivity index (χ4v) is 5.47. The average Bonchev–Trinajstić information content (AvgIpc) is 3.16. The minimum absolute atomic E-state index is 0.0714. The van der Waals surface area contributed by atoms with Crippen LogP contribution in [0.2, 0.25) is 0 Å². The Bertz CT molecular complexity index is 955. The van der Waals surface area contributed by atoms with Gasteiger partial charge in [0.15, 0.2) is 5.03 Å². The van der Waals surface area contributed by atoms with Gasteiger partial charge in [-0.05, 0) is 18.8 Å². The van der Waals surface area contributed by atoms with Gasteiger partial charge in [-0.25, -0.2) is 18.2 Å². The van der Waals surface area contributed by atoms with E-state index in [-0.39, 0.29) is 10.9 Å². The Balaban J connectivity index is 0.000000479. The molecule has 188 valence electrons. The number of hydrogen-bond acceptors (Lipinski definition) is 6. The molecule has 0 unspecified atom stereocenters. The van der Waals surface area contributed by atoms with Crippen LogP contribution < -0.4 is 0 Å². The van der Waals surface area contributed by atoms with Crippen LogP contribution in [0.3, 0.4) is 0 Å². The highest BCUT2D eigenvalue weighted by Gasteiger charge is 2.51. The molecule has 14 heteroatoms. The molecule has 1 aromatic rings. The monoisotopic (exact) mass is 497 g/mol. The lowest BCUT2D eigenvalue weighted by atomic mass is 9.82. The van der Waals surface area contributed by atoms with Crippen molar-refractivity contribution in [2.24, 2.45) is 13.0 Å². The summed E-state index contributed by atoms with van der Waals surface area (Å²) in [7, 11) is -0.0215. The standard InChI is InChI=1S/C17H29N5O3S.C2HF3O2/c1-14(2)11-21-10-9-20(4)16(23)17(21)5-7-22(8-6-17)26(24,25)15-12-19(3)13-18-15;3-2(4,5)1(6)7/h12-14H,5-11H2,1-4H3;(H,6,7). The van der Waals surface area contributed by atoms with E-state index in [1.54, 1.807) is 16.5 Å². The molecule has 10 nitrogen and oxygen atoms in total. The van der Waals surface area contributed by atoms with E-state index in [4.69, 9.17) is 9.90 Å². The zero-order chi connectivity index (χ0) is 25.2. The Kier molecular flexibility index (Phi) is 8.18. The second-order valence-electron chi connectivity index (χ2n) is 8.68. The summed E-state index contributed by atoms with van der Waals surface area (Å²) in [6.45, 7) is 7.40. The minimum Gasteiger partial charge on any atom is -0.475 e. The lowest BCUT2D eigenvalue weighted by molar-refractivity contribution is -0.192. The fraction of sp³-hybridized carbons (Fsp3) is 0.737. The molecule has 2 aliphatic heterocycles. The molecule has 2 aliphatic rings. The molecule has 1 N–H and O–H groups in total. The molecular formula is C19H30F3N5O5S. The number of sulfonamides is 1. The van der Waals surface area contributed by atoms with Gasteiger partial charge in [0, 0.05) is 53.0 Å². The molecule has 0 aromatic carbocycles. The van der Waals surface area contributed by atoms with E-state index in [0.29, 0.717) is 31.8 Å². The lowest BCUT2D eigenvalue weighted by Crippen LogP contribution is -2.68. The Morgan fingerprint density at radius 3 is 2.15 bits per heavy atom. The topological polar surface area (TPSA) is 116 Å². The number of piperidine rings is 1. The van der Waals surface area contributed by atoms with Crippen LogP contribution in [0.5, 0.6) is 0 Å². The highest BCUT2D eigenvalue weighted by molar-refractivity contribution is 7.89. The third kappa shape index (κ3) is 6.03. The highest BCUT2D eigenvalue weighted by Crippen LogP contribution is 2.35. The number of piperazine rings is 1. The van der Waals surface area contributed by atoms with Gasteiger partial charge in [0.25, 0.3) is 10.0 Å². The second kappa shape index (κ2) is 9.97. The molecule has 0 saturated carbocycles. The Hall–Kier alpha value is -2.19. The van der Waals surface area contributed by atoms with Crippen LogP contribution in [0, 0.1) is 5.92 Å². The number of carboxylic acid groups (broad SMARTS) is 1. The van der Waals surface area contributed by atoms with Crippen LogP contribution in [-0.4, -0.2) is 101 Å². The zero-order valence-corrected chi connectivity index (χ0v) is 19.9. The molecule has 33 heavy (non-hydrogen) atoms. The third-order valence-corrected chi connectivity index (χ3v) is 7.50. The van der Waals surface area contributed by atoms with Gasteiger partial charge < -0.3 is 14.6 Å². The van der Waals surface area contributed by atoms with E-state index in [0.717, 1.165) is 19.6 Å². The van der Waals surface area contributed by atoms with Crippen LogP contribution >= 0.6 is 0 Å². The highest BCUT2D eigenvalue weighted by atomic mass is 32.2. The first-order valence-corrected chi connectivity index (χ1v) is 11.8. The maximum absolute atomic E-state index is 13.0. The molecule has 2 fully saturated rings. The molecule has 1 amide bonds. The van der Waals surface area contributed by atoms with Gasteiger partial charge in [0.2, 0.25) is 5.91 Å². The Labute approximate surface area is 191 Å². The molecular weight excluding hydrogens is 467 g/mol. The largest absolute Gasteiger partial charge is 0.490 e. The first-order valence-electron chi connectivity index (χ1n) is 10.4. The summed E-state index contributed by atoms with van der Waals surface area (Å²) >= 11 is 0. The van der Waals surface area contributed by atoms with Gasteiger partial charge in [-0.15, -0.1) is 0 Å². The molecule has 0 aliphatic carbocycles. The van der Waals surface area contributed by atoms with Crippen LogP contribution in [0.25, 0.3) is 0 Å². The number of rotatable bonds is 4. The van der Waals surface area contributed by atoms with Gasteiger partial charge in [0.05, 0.1) is 6.33 Å². The summed E-state index contributed by atoms with van der Waals surface area (Å²) in [5.41, 5.74) is -0.576. The summed E-state index contributed by atoms with van der Waals surface area (Å²) in [4.78, 5) is 30.0. The van der Waals surface area contributed by atoms with Crippen molar-refractivity contribution in [2.45, 2.75) is 43.4 Å². The van der Waals surface area contributed by atoms with Crippen LogP contribution in [0.1, 0.15) is 26.7 Å². The summed E-state index contributed by atoms with van der Waals surface area (Å²) in [5.74, 6) is -2.18. The number of aromatic nitrogens is 2. The summed E-state index contributed by atoms with van der Waals surface area (Å²) < 4.78 is 60.5. The van der Waals surface area contributed by atoms with Crippen molar-refractivity contribution in [1.29, 1.82) is 0 Å². The van der Waals surface area contributed by atoms with E-state index >= 15 is 0 Å². The number of hydrogen-bond donors (Lipinski definition) is 1. The number of aliphatic carboxylic acids is 1. The minimum atomic E-state index is -5.08. The van der Waals surface area contributed by atoms with E-state index in [1.807, 2.05) is 7.05 Å². The summed E-state index contributed by atoms with van der Waals surface area (Å²) in [6, 6.07) is 0. The van der Waals surface area contributed by atoms with E-state index < -0.39 is 27.7 Å². The van der Waals surface area contributed by atoms with Crippen molar-refractivity contribution >= 4 is 21.9 Å². The normalized spacial score (nSPS) is 20.1. The fourth-order valence-electron chi connectivity index (χ4n) is 4.06.